The molecule has 0 bridgehead atoms. The molecule has 0 amide bonds. The maximum absolute atomic E-state index is 10.7. The van der Waals surface area contributed by atoms with Gasteiger partial charge in [-0.3, -0.25) is 15.8 Å². The van der Waals surface area contributed by atoms with Crippen LogP contribution in [0.4, 0.5) is 0 Å². The minimum absolute atomic E-state index is 0.169. The molecule has 20 heavy (non-hydrogen) atoms. The molecule has 1 unspecified atom stereocenters. The van der Waals surface area contributed by atoms with Gasteiger partial charge in [-0.1, -0.05) is 18.2 Å². The molecule has 1 aromatic carbocycles. The standard InChI is InChI=1S/C12H15N5O2S/c1-20-10-5-3-2-4-8(10)6-12(14)15-7-9(17(18)19)11(13)16-12/h2-5,7,15H,6,14H2,1H3,(H2,13,16). The number of thioether (sulfide) groups is 1. The summed E-state index contributed by atoms with van der Waals surface area (Å²) in [5.41, 5.74) is 12.4. The molecule has 0 fully saturated rings. The highest BCUT2D eigenvalue weighted by Crippen LogP contribution is 2.24. The molecule has 0 radical (unpaired) electrons. The molecule has 1 heterocycles. The summed E-state index contributed by atoms with van der Waals surface area (Å²) in [5.74, 6) is -1.34. The monoisotopic (exact) mass is 293 g/mol. The van der Waals surface area contributed by atoms with Crippen LogP contribution in [0.5, 0.6) is 0 Å². The van der Waals surface area contributed by atoms with Crippen molar-refractivity contribution in [2.45, 2.75) is 17.1 Å². The number of hydrogen-bond donors (Lipinski definition) is 3. The van der Waals surface area contributed by atoms with Crippen LogP contribution >= 0.6 is 11.8 Å². The largest absolute Gasteiger partial charge is 0.378 e. The number of amidine groups is 1. The van der Waals surface area contributed by atoms with Gasteiger partial charge in [-0.05, 0) is 17.9 Å². The highest BCUT2D eigenvalue weighted by atomic mass is 32.2. The van der Waals surface area contributed by atoms with Gasteiger partial charge < -0.3 is 11.1 Å². The molecule has 5 N–H and O–H groups in total. The minimum atomic E-state index is -1.17. The van der Waals surface area contributed by atoms with Gasteiger partial charge in [0.15, 0.2) is 5.79 Å². The molecule has 1 aliphatic heterocycles. The van der Waals surface area contributed by atoms with Gasteiger partial charge in [0, 0.05) is 11.3 Å². The van der Waals surface area contributed by atoms with E-state index in [0.717, 1.165) is 10.5 Å². The number of hydrogen-bond acceptors (Lipinski definition) is 7. The Hall–Kier alpha value is -2.06. The first-order chi connectivity index (χ1) is 9.45. The molecule has 2 rings (SSSR count). The van der Waals surface area contributed by atoms with E-state index < -0.39 is 10.7 Å². The van der Waals surface area contributed by atoms with Gasteiger partial charge in [0.05, 0.1) is 11.1 Å². The normalized spacial score (nSPS) is 21.7. The smallest absolute Gasteiger partial charge is 0.326 e. The fourth-order valence-electron chi connectivity index (χ4n) is 1.95. The molecular weight excluding hydrogens is 278 g/mol. The molecule has 0 aromatic heterocycles. The average Bonchev–Trinajstić information content (AvgIpc) is 2.38. The molecule has 1 aromatic rings. The number of nitrogens with two attached hydrogens (primary N) is 2. The van der Waals surface area contributed by atoms with Crippen molar-refractivity contribution in [2.75, 3.05) is 6.26 Å². The van der Waals surface area contributed by atoms with E-state index in [-0.39, 0.29) is 11.5 Å². The first kappa shape index (κ1) is 14.4. The van der Waals surface area contributed by atoms with Crippen molar-refractivity contribution >= 4 is 17.6 Å². The number of aliphatic imine (C=N–C) groups is 1. The predicted molar refractivity (Wildman–Crippen MR) is 78.7 cm³/mol. The highest BCUT2D eigenvalue weighted by Gasteiger charge is 2.32. The van der Waals surface area contributed by atoms with Crippen molar-refractivity contribution < 1.29 is 4.92 Å². The van der Waals surface area contributed by atoms with E-state index in [1.54, 1.807) is 11.8 Å². The molecule has 0 saturated heterocycles. The quantitative estimate of drug-likeness (QED) is 0.426. The third kappa shape index (κ3) is 2.91. The van der Waals surface area contributed by atoms with Crippen molar-refractivity contribution in [3.8, 4) is 0 Å². The third-order valence-electron chi connectivity index (χ3n) is 2.89. The van der Waals surface area contributed by atoms with E-state index in [4.69, 9.17) is 11.5 Å². The molecule has 8 heteroatoms. The Bertz CT molecular complexity index is 601. The lowest BCUT2D eigenvalue weighted by atomic mass is 10.1. The summed E-state index contributed by atoms with van der Waals surface area (Å²) in [6, 6.07) is 7.78. The van der Waals surface area contributed by atoms with Crippen molar-refractivity contribution in [1.29, 1.82) is 0 Å². The van der Waals surface area contributed by atoms with Gasteiger partial charge in [-0.25, -0.2) is 4.99 Å². The van der Waals surface area contributed by atoms with Gasteiger partial charge in [0.25, 0.3) is 0 Å². The van der Waals surface area contributed by atoms with Gasteiger partial charge >= 0.3 is 5.70 Å². The number of nitrogens with zero attached hydrogens (tertiary/aromatic N) is 2. The Labute approximate surface area is 120 Å². The first-order valence-electron chi connectivity index (χ1n) is 5.84. The molecule has 0 spiro atoms. The Morgan fingerprint density at radius 2 is 2.20 bits per heavy atom. The van der Waals surface area contributed by atoms with Gasteiger partial charge in [-0.15, -0.1) is 11.8 Å². The van der Waals surface area contributed by atoms with Crippen molar-refractivity contribution in [3.05, 3.63) is 51.8 Å². The number of nitrogens with one attached hydrogen (secondary N) is 1. The fraction of sp³-hybridized carbons (Fsp3) is 0.250. The molecule has 7 nitrogen and oxygen atoms in total. The molecule has 106 valence electrons. The van der Waals surface area contributed by atoms with Crippen LogP contribution in [0.2, 0.25) is 0 Å². The van der Waals surface area contributed by atoms with E-state index in [0.29, 0.717) is 6.42 Å². The van der Waals surface area contributed by atoms with Crippen LogP contribution in [-0.4, -0.2) is 22.8 Å². The molecular formula is C12H15N5O2S. The van der Waals surface area contributed by atoms with E-state index >= 15 is 0 Å². The van der Waals surface area contributed by atoms with Crippen LogP contribution in [0, 0.1) is 10.1 Å². The molecule has 1 atom stereocenters. The summed E-state index contributed by atoms with van der Waals surface area (Å²) in [6.07, 6.45) is 3.55. The van der Waals surface area contributed by atoms with Crippen LogP contribution in [-0.2, 0) is 6.42 Å². The van der Waals surface area contributed by atoms with Crippen molar-refractivity contribution in [3.63, 3.8) is 0 Å². The maximum Gasteiger partial charge on any atom is 0.326 e. The Balaban J connectivity index is 2.25. The highest BCUT2D eigenvalue weighted by molar-refractivity contribution is 7.98. The van der Waals surface area contributed by atoms with Gasteiger partial charge in [-0.2, -0.15) is 0 Å². The lowest BCUT2D eigenvalue weighted by molar-refractivity contribution is -0.416. The summed E-state index contributed by atoms with van der Waals surface area (Å²) in [5, 5.41) is 13.5. The Kier molecular flexibility index (Phi) is 3.96. The second-order valence-electron chi connectivity index (χ2n) is 4.34. The summed E-state index contributed by atoms with van der Waals surface area (Å²) in [7, 11) is 0. The van der Waals surface area contributed by atoms with E-state index in [9.17, 15) is 10.1 Å². The summed E-state index contributed by atoms with van der Waals surface area (Å²) in [4.78, 5) is 15.2. The minimum Gasteiger partial charge on any atom is -0.378 e. The summed E-state index contributed by atoms with van der Waals surface area (Å²) >= 11 is 1.60. The van der Waals surface area contributed by atoms with Crippen molar-refractivity contribution in [1.82, 2.24) is 5.32 Å². The van der Waals surface area contributed by atoms with Crippen LogP contribution in [0.25, 0.3) is 0 Å². The molecule has 0 aliphatic carbocycles. The fourth-order valence-corrected chi connectivity index (χ4v) is 2.56. The zero-order valence-electron chi connectivity index (χ0n) is 10.9. The zero-order valence-corrected chi connectivity index (χ0v) is 11.7. The lowest BCUT2D eigenvalue weighted by Crippen LogP contribution is -2.55. The van der Waals surface area contributed by atoms with E-state index in [1.807, 2.05) is 30.5 Å². The zero-order chi connectivity index (χ0) is 14.8. The van der Waals surface area contributed by atoms with E-state index in [1.165, 1.54) is 6.20 Å². The average molecular weight is 293 g/mol. The third-order valence-corrected chi connectivity index (χ3v) is 3.73. The lowest BCUT2D eigenvalue weighted by Gasteiger charge is -2.29. The number of benzene rings is 1. The van der Waals surface area contributed by atoms with E-state index in [2.05, 4.69) is 10.3 Å². The Morgan fingerprint density at radius 1 is 1.50 bits per heavy atom. The predicted octanol–water partition coefficient (Wildman–Crippen LogP) is 0.642. The van der Waals surface area contributed by atoms with Crippen LogP contribution < -0.4 is 16.8 Å². The van der Waals surface area contributed by atoms with Crippen LogP contribution in [0.1, 0.15) is 5.56 Å². The van der Waals surface area contributed by atoms with Crippen LogP contribution in [0.15, 0.2) is 46.1 Å². The van der Waals surface area contributed by atoms with Crippen molar-refractivity contribution in [2.24, 2.45) is 16.5 Å². The Morgan fingerprint density at radius 3 is 2.80 bits per heavy atom. The van der Waals surface area contributed by atoms with Gasteiger partial charge in [0.1, 0.15) is 0 Å². The first-order valence-corrected chi connectivity index (χ1v) is 7.06. The topological polar surface area (TPSA) is 120 Å². The summed E-state index contributed by atoms with van der Waals surface area (Å²) < 4.78 is 0. The second kappa shape index (κ2) is 5.51. The number of rotatable bonds is 4. The van der Waals surface area contributed by atoms with Gasteiger partial charge in [0.2, 0.25) is 5.84 Å². The number of nitro groups is 1. The second-order valence-corrected chi connectivity index (χ2v) is 5.19. The molecule has 1 aliphatic rings. The SMILES string of the molecule is CSc1ccccc1CC1(N)N=C(N)C([N+](=O)[O-])=CN1. The maximum atomic E-state index is 10.7. The molecule has 0 saturated carbocycles. The van der Waals surface area contributed by atoms with Crippen LogP contribution in [0.3, 0.4) is 0 Å². The summed E-state index contributed by atoms with van der Waals surface area (Å²) in [6.45, 7) is 0.